The maximum Gasteiger partial charge on any atom is 0.0595 e. The summed E-state index contributed by atoms with van der Waals surface area (Å²) in [6.07, 6.45) is 0. The van der Waals surface area contributed by atoms with Gasteiger partial charge in [-0.05, 0) is 41.9 Å². The lowest BCUT2D eigenvalue weighted by molar-refractivity contribution is 0.296. The summed E-state index contributed by atoms with van der Waals surface area (Å²) >= 11 is 12.2. The first-order chi connectivity index (χ1) is 9.56. The second-order valence-electron chi connectivity index (χ2n) is 5.34. The molecule has 4 heteroatoms. The van der Waals surface area contributed by atoms with Crippen molar-refractivity contribution in [2.45, 2.75) is 12.5 Å². The summed E-state index contributed by atoms with van der Waals surface area (Å²) in [5.41, 5.74) is 10.7. The molecule has 2 aromatic carbocycles. The highest BCUT2D eigenvalue weighted by atomic mass is 35.5. The van der Waals surface area contributed by atoms with Gasteiger partial charge in [0.25, 0.3) is 0 Å². The van der Waals surface area contributed by atoms with E-state index in [4.69, 9.17) is 28.9 Å². The van der Waals surface area contributed by atoms with E-state index in [2.05, 4.69) is 18.0 Å². The Bertz CT molecular complexity index is 655. The van der Waals surface area contributed by atoms with Crippen molar-refractivity contribution in [3.63, 3.8) is 0 Å². The van der Waals surface area contributed by atoms with Gasteiger partial charge in [-0.15, -0.1) is 0 Å². The van der Waals surface area contributed by atoms with Crippen LogP contribution in [0.1, 0.15) is 22.6 Å². The molecule has 0 fully saturated rings. The first-order valence-corrected chi connectivity index (χ1v) is 7.32. The second-order valence-corrected chi connectivity index (χ2v) is 6.15. The fourth-order valence-corrected chi connectivity index (χ4v) is 3.20. The Hall–Kier alpha value is -1.22. The van der Waals surface area contributed by atoms with Gasteiger partial charge in [0.2, 0.25) is 0 Å². The zero-order chi connectivity index (χ0) is 14.3. The summed E-state index contributed by atoms with van der Waals surface area (Å²) in [6, 6.07) is 12.0. The van der Waals surface area contributed by atoms with E-state index in [1.54, 1.807) is 0 Å². The fraction of sp³-hybridized carbons (Fsp3) is 0.250. The molecular weight excluding hydrogens is 291 g/mol. The average Bonchev–Trinajstić information content (AvgIpc) is 2.42. The summed E-state index contributed by atoms with van der Waals surface area (Å²) < 4.78 is 0. The molecule has 0 saturated carbocycles. The van der Waals surface area contributed by atoms with E-state index < -0.39 is 0 Å². The SMILES string of the molecule is CN1Cc2c(N)cccc2C(c2ccc(Cl)c(Cl)c2)C1. The zero-order valence-electron chi connectivity index (χ0n) is 11.2. The number of nitrogens with zero attached hydrogens (tertiary/aromatic N) is 1. The molecule has 0 aromatic heterocycles. The van der Waals surface area contributed by atoms with Crippen LogP contribution in [-0.2, 0) is 6.54 Å². The number of hydrogen-bond acceptors (Lipinski definition) is 2. The number of rotatable bonds is 1. The van der Waals surface area contributed by atoms with Crippen LogP contribution < -0.4 is 5.73 Å². The van der Waals surface area contributed by atoms with E-state index in [0.717, 1.165) is 18.8 Å². The third-order valence-electron chi connectivity index (χ3n) is 3.89. The Balaban J connectivity index is 2.11. The molecule has 0 saturated heterocycles. The topological polar surface area (TPSA) is 29.3 Å². The van der Waals surface area contributed by atoms with Crippen LogP contribution >= 0.6 is 23.2 Å². The Morgan fingerprint density at radius 2 is 1.95 bits per heavy atom. The van der Waals surface area contributed by atoms with Crippen LogP contribution in [0, 0.1) is 0 Å². The van der Waals surface area contributed by atoms with Gasteiger partial charge in [0.15, 0.2) is 0 Å². The second kappa shape index (κ2) is 5.28. The molecule has 1 atom stereocenters. The van der Waals surface area contributed by atoms with E-state index in [9.17, 15) is 0 Å². The van der Waals surface area contributed by atoms with Crippen molar-refractivity contribution in [2.24, 2.45) is 0 Å². The quantitative estimate of drug-likeness (QED) is 0.802. The van der Waals surface area contributed by atoms with Crippen LogP contribution in [0.3, 0.4) is 0 Å². The highest BCUT2D eigenvalue weighted by Crippen LogP contribution is 2.37. The van der Waals surface area contributed by atoms with Gasteiger partial charge in [0.05, 0.1) is 10.0 Å². The average molecular weight is 307 g/mol. The first-order valence-electron chi connectivity index (χ1n) is 6.57. The van der Waals surface area contributed by atoms with Gasteiger partial charge < -0.3 is 10.6 Å². The molecule has 20 heavy (non-hydrogen) atoms. The molecule has 1 heterocycles. The zero-order valence-corrected chi connectivity index (χ0v) is 12.7. The van der Waals surface area contributed by atoms with Crippen LogP contribution in [0.5, 0.6) is 0 Å². The molecule has 2 nitrogen and oxygen atoms in total. The van der Waals surface area contributed by atoms with E-state index in [1.165, 1.54) is 16.7 Å². The van der Waals surface area contributed by atoms with Crippen molar-refractivity contribution in [3.8, 4) is 0 Å². The van der Waals surface area contributed by atoms with Crippen molar-refractivity contribution >= 4 is 28.9 Å². The molecule has 104 valence electrons. The third kappa shape index (κ3) is 2.39. The van der Waals surface area contributed by atoms with E-state index in [1.807, 2.05) is 30.3 Å². The maximum absolute atomic E-state index is 6.16. The molecular formula is C16H16Cl2N2. The number of nitrogen functional groups attached to an aromatic ring is 1. The maximum atomic E-state index is 6.16. The molecule has 0 spiro atoms. The monoisotopic (exact) mass is 306 g/mol. The Labute approximate surface area is 129 Å². The molecule has 1 aliphatic rings. The van der Waals surface area contributed by atoms with Crippen molar-refractivity contribution in [1.82, 2.24) is 4.90 Å². The van der Waals surface area contributed by atoms with Crippen LogP contribution in [0.4, 0.5) is 5.69 Å². The number of likely N-dealkylation sites (N-methyl/N-ethyl adjacent to an activating group) is 1. The molecule has 2 aromatic rings. The predicted molar refractivity (Wildman–Crippen MR) is 85.5 cm³/mol. The molecule has 3 rings (SSSR count). The number of benzene rings is 2. The minimum absolute atomic E-state index is 0.280. The number of fused-ring (bicyclic) bond motifs is 1. The molecule has 0 aliphatic carbocycles. The molecule has 1 unspecified atom stereocenters. The molecule has 0 radical (unpaired) electrons. The van der Waals surface area contributed by atoms with E-state index >= 15 is 0 Å². The van der Waals surface area contributed by atoms with Crippen LogP contribution in [0.25, 0.3) is 0 Å². The van der Waals surface area contributed by atoms with Crippen molar-refractivity contribution in [1.29, 1.82) is 0 Å². The summed E-state index contributed by atoms with van der Waals surface area (Å²) in [6.45, 7) is 1.84. The third-order valence-corrected chi connectivity index (χ3v) is 4.63. The van der Waals surface area contributed by atoms with Gasteiger partial charge in [-0.25, -0.2) is 0 Å². The number of halogens is 2. The lowest BCUT2D eigenvalue weighted by atomic mass is 9.84. The van der Waals surface area contributed by atoms with Gasteiger partial charge in [0.1, 0.15) is 0 Å². The smallest absolute Gasteiger partial charge is 0.0595 e. The Morgan fingerprint density at radius 1 is 1.15 bits per heavy atom. The normalized spacial score (nSPS) is 18.9. The van der Waals surface area contributed by atoms with Gasteiger partial charge in [-0.1, -0.05) is 41.4 Å². The summed E-state index contributed by atoms with van der Waals surface area (Å²) in [5.74, 6) is 0.280. The fourth-order valence-electron chi connectivity index (χ4n) is 2.89. The number of anilines is 1. The molecule has 1 aliphatic heterocycles. The van der Waals surface area contributed by atoms with E-state index in [-0.39, 0.29) is 5.92 Å². The van der Waals surface area contributed by atoms with Crippen molar-refractivity contribution < 1.29 is 0 Å². The van der Waals surface area contributed by atoms with Gasteiger partial charge >= 0.3 is 0 Å². The molecule has 2 N–H and O–H groups in total. The summed E-state index contributed by atoms with van der Waals surface area (Å²) in [7, 11) is 2.11. The lowest BCUT2D eigenvalue weighted by Crippen LogP contribution is -2.31. The minimum atomic E-state index is 0.280. The van der Waals surface area contributed by atoms with Gasteiger partial charge in [-0.2, -0.15) is 0 Å². The predicted octanol–water partition coefficient (Wildman–Crippen LogP) is 4.15. The number of nitrogens with two attached hydrogens (primary N) is 1. The minimum Gasteiger partial charge on any atom is -0.398 e. The van der Waals surface area contributed by atoms with Crippen LogP contribution in [0.2, 0.25) is 10.0 Å². The first kappa shape index (κ1) is 13.7. The van der Waals surface area contributed by atoms with Gasteiger partial charge in [-0.3, -0.25) is 0 Å². The van der Waals surface area contributed by atoms with E-state index in [0.29, 0.717) is 10.0 Å². The lowest BCUT2D eigenvalue weighted by Gasteiger charge is -2.33. The van der Waals surface area contributed by atoms with Crippen LogP contribution in [0.15, 0.2) is 36.4 Å². The molecule has 0 amide bonds. The highest BCUT2D eigenvalue weighted by Gasteiger charge is 2.26. The highest BCUT2D eigenvalue weighted by molar-refractivity contribution is 6.42. The standard InChI is InChI=1S/C16H16Cl2N2/c1-20-8-12(10-5-6-14(17)15(18)7-10)11-3-2-4-16(19)13(11)9-20/h2-7,12H,8-9,19H2,1H3. The summed E-state index contributed by atoms with van der Waals surface area (Å²) in [5, 5.41) is 1.19. The molecule has 0 bridgehead atoms. The largest absolute Gasteiger partial charge is 0.398 e. The Kier molecular flexibility index (Phi) is 3.63. The summed E-state index contributed by atoms with van der Waals surface area (Å²) in [4.78, 5) is 2.28. The van der Waals surface area contributed by atoms with Crippen molar-refractivity contribution in [3.05, 3.63) is 63.1 Å². The number of hydrogen-bond donors (Lipinski definition) is 1. The van der Waals surface area contributed by atoms with Gasteiger partial charge in [0, 0.05) is 24.7 Å². The Morgan fingerprint density at radius 3 is 2.70 bits per heavy atom. The van der Waals surface area contributed by atoms with Crippen LogP contribution in [-0.4, -0.2) is 18.5 Å². The van der Waals surface area contributed by atoms with Crippen molar-refractivity contribution in [2.75, 3.05) is 19.3 Å².